The quantitative estimate of drug-likeness (QED) is 0.0814. The van der Waals surface area contributed by atoms with Gasteiger partial charge in [-0.05, 0) is 68.4 Å². The number of amides is 2. The summed E-state index contributed by atoms with van der Waals surface area (Å²) in [7, 11) is 1.57. The number of hydrogen-bond acceptors (Lipinski definition) is 13. The lowest BCUT2D eigenvalue weighted by Gasteiger charge is -2.27. The summed E-state index contributed by atoms with van der Waals surface area (Å²) in [4.78, 5) is 94.6. The van der Waals surface area contributed by atoms with E-state index in [4.69, 9.17) is 23.8 Å². The van der Waals surface area contributed by atoms with Crippen LogP contribution in [0.15, 0.2) is 24.8 Å². The van der Waals surface area contributed by atoms with Crippen LogP contribution >= 0.6 is 0 Å². The van der Waals surface area contributed by atoms with Crippen LogP contribution in [0.5, 0.6) is 0 Å². The molecule has 0 aliphatic heterocycles. The summed E-state index contributed by atoms with van der Waals surface area (Å²) in [6.07, 6.45) is 16.0. The molecule has 2 amide bonds. The maximum Gasteiger partial charge on any atom is 0.373 e. The summed E-state index contributed by atoms with van der Waals surface area (Å²) in [5.74, 6) is -1.20. The zero-order chi connectivity index (χ0) is 43.9. The van der Waals surface area contributed by atoms with Crippen molar-refractivity contribution in [2.24, 2.45) is 0 Å². The number of carbonyl (C=O) groups excluding carboxylic acids is 7. The number of hydrogen-bond donors (Lipinski definition) is 0. The molecule has 0 saturated heterocycles. The summed E-state index contributed by atoms with van der Waals surface area (Å²) >= 11 is 0. The minimum Gasteiger partial charge on any atom is -0.462 e. The molecule has 0 spiro atoms. The molecule has 17 heteroatoms. The van der Waals surface area contributed by atoms with Gasteiger partial charge in [0.1, 0.15) is 55.6 Å². The van der Waals surface area contributed by atoms with E-state index in [0.717, 1.165) is 30.7 Å². The Morgan fingerprint density at radius 3 is 1.55 bits per heavy atom. The second-order valence-corrected chi connectivity index (χ2v) is 16.4. The predicted molar refractivity (Wildman–Crippen MR) is 213 cm³/mol. The van der Waals surface area contributed by atoms with Crippen molar-refractivity contribution in [3.05, 3.63) is 36.4 Å². The van der Waals surface area contributed by atoms with Gasteiger partial charge in [-0.15, -0.1) is 0 Å². The van der Waals surface area contributed by atoms with Gasteiger partial charge in [-0.2, -0.15) is 9.59 Å². The Labute approximate surface area is 343 Å². The number of nitrogens with zero attached hydrogens (tertiary/aromatic N) is 7. The highest BCUT2D eigenvalue weighted by molar-refractivity contribution is 5.86. The van der Waals surface area contributed by atoms with E-state index >= 15 is 0 Å². The molecular weight excluding hydrogens is 750 g/mol. The van der Waals surface area contributed by atoms with E-state index in [-0.39, 0.29) is 37.8 Å². The zero-order valence-corrected chi connectivity index (χ0v) is 36.4. The molecule has 0 bridgehead atoms. The van der Waals surface area contributed by atoms with Gasteiger partial charge in [-0.1, -0.05) is 51.9 Å². The number of imidazole rings is 2. The van der Waals surface area contributed by atoms with Gasteiger partial charge in [-0.25, -0.2) is 9.97 Å². The highest BCUT2D eigenvalue weighted by Gasteiger charge is 2.27. The van der Waals surface area contributed by atoms with Crippen LogP contribution in [0.25, 0.3) is 0 Å². The van der Waals surface area contributed by atoms with Crippen LogP contribution in [0, 0.1) is 0 Å². The van der Waals surface area contributed by atoms with Crippen molar-refractivity contribution < 1.29 is 47.8 Å². The third-order valence-corrected chi connectivity index (χ3v) is 8.26. The predicted octanol–water partition coefficient (Wildman–Crippen LogP) is 4.56. The number of rotatable bonds is 24. The molecule has 326 valence electrons. The van der Waals surface area contributed by atoms with Crippen molar-refractivity contribution in [2.45, 2.75) is 157 Å². The fourth-order valence-corrected chi connectivity index (χ4v) is 5.74. The zero-order valence-electron chi connectivity index (χ0n) is 36.4. The second kappa shape index (κ2) is 26.2. The van der Waals surface area contributed by atoms with Crippen molar-refractivity contribution in [1.29, 1.82) is 0 Å². The molecule has 0 radical (unpaired) electrons. The van der Waals surface area contributed by atoms with E-state index in [0.29, 0.717) is 24.7 Å². The van der Waals surface area contributed by atoms with E-state index in [2.05, 4.69) is 21.8 Å². The molecule has 0 atom stereocenters. The number of unbranched alkanes of at least 4 members (excludes halogenated alkanes) is 7. The van der Waals surface area contributed by atoms with Crippen LogP contribution in [0.1, 0.15) is 125 Å². The maximum atomic E-state index is 13.7. The first-order valence-electron chi connectivity index (χ1n) is 20.0. The van der Waals surface area contributed by atoms with Gasteiger partial charge in [0.15, 0.2) is 0 Å². The molecule has 2 aromatic rings. The fraction of sp³-hybridized carbons (Fsp3) is 0.707. The van der Waals surface area contributed by atoms with Crippen molar-refractivity contribution in [2.75, 3.05) is 33.2 Å². The van der Waals surface area contributed by atoms with Gasteiger partial charge >= 0.3 is 24.1 Å². The van der Waals surface area contributed by atoms with Crippen LogP contribution < -0.4 is 0 Å². The number of ether oxygens (including phenoxy) is 3. The van der Waals surface area contributed by atoms with Crippen LogP contribution in [0.3, 0.4) is 0 Å². The highest BCUT2D eigenvalue weighted by atomic mass is 16.6. The first-order valence-corrected chi connectivity index (χ1v) is 20.0. The summed E-state index contributed by atoms with van der Waals surface area (Å²) in [5, 5.41) is 0. The van der Waals surface area contributed by atoms with E-state index in [1.165, 1.54) is 37.0 Å². The first kappa shape index (κ1) is 51.1. The van der Waals surface area contributed by atoms with Gasteiger partial charge in [0.25, 0.3) is 0 Å². The fourth-order valence-electron chi connectivity index (χ4n) is 5.74. The van der Waals surface area contributed by atoms with E-state index in [9.17, 15) is 24.0 Å². The molecule has 0 aliphatic carbocycles. The van der Waals surface area contributed by atoms with Gasteiger partial charge in [0.05, 0.1) is 19.2 Å². The Bertz CT molecular complexity index is 1570. The molecule has 0 unspecified atom stereocenters. The Morgan fingerprint density at radius 2 is 1.12 bits per heavy atom. The minimum atomic E-state index is -0.771. The molecule has 2 rings (SSSR count). The molecule has 0 N–H and O–H groups in total. The van der Waals surface area contributed by atoms with E-state index < -0.39 is 48.1 Å². The van der Waals surface area contributed by atoms with Gasteiger partial charge in [-0.3, -0.25) is 28.9 Å². The lowest BCUT2D eigenvalue weighted by Crippen LogP contribution is -2.44. The summed E-state index contributed by atoms with van der Waals surface area (Å²) < 4.78 is 19.6. The van der Waals surface area contributed by atoms with Gasteiger partial charge < -0.3 is 33.1 Å². The molecule has 58 heavy (non-hydrogen) atoms. The molecule has 0 fully saturated rings. The van der Waals surface area contributed by atoms with E-state index in [1.807, 2.05) is 0 Å². The highest BCUT2D eigenvalue weighted by Crippen LogP contribution is 2.15. The number of esters is 3. The third kappa shape index (κ3) is 22.7. The third-order valence-electron chi connectivity index (χ3n) is 8.26. The van der Waals surface area contributed by atoms with Crippen LogP contribution in [-0.4, -0.2) is 120 Å². The second-order valence-electron chi connectivity index (χ2n) is 16.4. The average Bonchev–Trinajstić information content (AvgIpc) is 3.72. The standard InChI is InChI=1S/C40H67N7O8.CO2/c1-11-12-13-14-15-16-17-18-21-44(24-32-41-19-22-45(32)26-34(48)43(10)28-36(50)53-31(2)3)25-33-42-20-23-46(33)27-35(49)47(29-37(51)54-39(4,5)6)30-38(52)55-40(7,8)9;2-1-3/h19-20,22-23,31H,11-18,21,24-30H2,1-10H3;. The molecule has 0 saturated carbocycles. The normalized spacial score (nSPS) is 11.4. The average molecular weight is 818 g/mol. The largest absolute Gasteiger partial charge is 0.462 e. The number of carbonyl (C=O) groups is 5. The molecule has 2 aromatic heterocycles. The lowest BCUT2D eigenvalue weighted by molar-refractivity contribution is -0.192. The molecular formula is C41H67N7O10. The number of aromatic nitrogens is 4. The monoisotopic (exact) mass is 817 g/mol. The summed E-state index contributed by atoms with van der Waals surface area (Å²) in [5.41, 5.74) is -1.54. The molecule has 2 heterocycles. The Hall–Kier alpha value is -4.89. The van der Waals surface area contributed by atoms with Crippen molar-refractivity contribution in [1.82, 2.24) is 33.8 Å². The first-order chi connectivity index (χ1) is 27.2. The van der Waals surface area contributed by atoms with E-state index in [1.54, 1.807) is 96.4 Å². The smallest absolute Gasteiger partial charge is 0.373 e. The Kier molecular flexibility index (Phi) is 23.1. The summed E-state index contributed by atoms with van der Waals surface area (Å²) in [6.45, 7) is 16.5. The van der Waals surface area contributed by atoms with Crippen LogP contribution in [0.2, 0.25) is 0 Å². The van der Waals surface area contributed by atoms with Crippen LogP contribution in [0.4, 0.5) is 0 Å². The van der Waals surface area contributed by atoms with Crippen molar-refractivity contribution in [3.63, 3.8) is 0 Å². The van der Waals surface area contributed by atoms with Crippen molar-refractivity contribution >= 4 is 35.9 Å². The Balaban J connectivity index is 0.00000542. The summed E-state index contributed by atoms with van der Waals surface area (Å²) in [6, 6.07) is 0. The molecule has 0 aliphatic rings. The Morgan fingerprint density at radius 1 is 0.690 bits per heavy atom. The van der Waals surface area contributed by atoms with Crippen molar-refractivity contribution in [3.8, 4) is 0 Å². The minimum absolute atomic E-state index is 0.000647. The topological polar surface area (TPSA) is 193 Å². The molecule has 0 aromatic carbocycles. The van der Waals surface area contributed by atoms with Crippen LogP contribution in [-0.2, 0) is 74.0 Å². The maximum absolute atomic E-state index is 13.7. The number of likely N-dealkylation sites (N-methyl/N-ethyl adjacent to an activating group) is 1. The lowest BCUT2D eigenvalue weighted by atomic mass is 10.1. The van der Waals surface area contributed by atoms with Gasteiger partial charge in [0, 0.05) is 31.8 Å². The van der Waals surface area contributed by atoms with Gasteiger partial charge in [0.2, 0.25) is 11.8 Å². The molecule has 17 nitrogen and oxygen atoms in total. The SMILES string of the molecule is CCCCCCCCCCN(Cc1nccn1CC(=O)N(C)CC(=O)OC(C)C)Cc1nccn1CC(=O)N(CC(=O)OC(C)(C)C)CC(=O)OC(C)(C)C.O=C=O.